The molecule has 96 valence electrons. The van der Waals surface area contributed by atoms with Crippen molar-refractivity contribution < 1.29 is 4.74 Å². The zero-order chi connectivity index (χ0) is 13.1. The number of benzene rings is 1. The maximum Gasteiger partial charge on any atom is 0.128 e. The van der Waals surface area contributed by atoms with Crippen LogP contribution in [0.5, 0.6) is 5.75 Å². The quantitative estimate of drug-likeness (QED) is 0.913. The Morgan fingerprint density at radius 2 is 2.22 bits per heavy atom. The fourth-order valence-electron chi connectivity index (χ4n) is 1.93. The predicted molar refractivity (Wildman–Crippen MR) is 75.8 cm³/mol. The highest BCUT2D eigenvalue weighted by Crippen LogP contribution is 2.33. The molecule has 0 aliphatic rings. The van der Waals surface area contributed by atoms with E-state index < -0.39 is 0 Å². The lowest BCUT2D eigenvalue weighted by molar-refractivity contribution is 0.416. The van der Waals surface area contributed by atoms with Gasteiger partial charge in [0.25, 0.3) is 0 Å². The molecule has 0 saturated heterocycles. The molecule has 4 nitrogen and oxygen atoms in total. The van der Waals surface area contributed by atoms with Crippen LogP contribution in [0.4, 0.5) is 0 Å². The first-order valence-corrected chi connectivity index (χ1v) is 6.49. The maximum atomic E-state index is 5.40. The molecule has 0 spiro atoms. The summed E-state index contributed by atoms with van der Waals surface area (Å²) in [6.07, 6.45) is 0. The third-order valence-electron chi connectivity index (χ3n) is 2.67. The van der Waals surface area contributed by atoms with Crippen molar-refractivity contribution in [3.63, 3.8) is 0 Å². The lowest BCUT2D eigenvalue weighted by Crippen LogP contribution is -2.06. The molecule has 0 aliphatic carbocycles. The van der Waals surface area contributed by atoms with Gasteiger partial charge in [0.05, 0.1) is 18.5 Å². The van der Waals surface area contributed by atoms with Crippen LogP contribution >= 0.6 is 15.9 Å². The number of halogens is 1. The molecule has 0 radical (unpaired) electrons. The van der Waals surface area contributed by atoms with E-state index in [1.165, 1.54) is 0 Å². The van der Waals surface area contributed by atoms with Gasteiger partial charge in [-0.05, 0) is 32.2 Å². The Kier molecular flexibility index (Phi) is 4.04. The van der Waals surface area contributed by atoms with Crippen LogP contribution in [0.15, 0.2) is 22.7 Å². The van der Waals surface area contributed by atoms with Gasteiger partial charge in [-0.1, -0.05) is 15.9 Å². The monoisotopic (exact) mass is 309 g/mol. The van der Waals surface area contributed by atoms with Crippen molar-refractivity contribution in [2.75, 3.05) is 14.2 Å². The summed E-state index contributed by atoms with van der Waals surface area (Å²) in [5.74, 6) is 1.72. The van der Waals surface area contributed by atoms with Crippen LogP contribution in [-0.4, -0.2) is 24.1 Å². The van der Waals surface area contributed by atoms with Gasteiger partial charge < -0.3 is 15.0 Å². The Hall–Kier alpha value is -1.33. The van der Waals surface area contributed by atoms with Crippen molar-refractivity contribution >= 4 is 15.9 Å². The van der Waals surface area contributed by atoms with E-state index >= 15 is 0 Å². The van der Waals surface area contributed by atoms with Gasteiger partial charge in [-0.25, -0.2) is 4.98 Å². The second kappa shape index (κ2) is 5.54. The molecule has 0 fully saturated rings. The van der Waals surface area contributed by atoms with Gasteiger partial charge in [0.15, 0.2) is 0 Å². The topological polar surface area (TPSA) is 49.9 Å². The Labute approximate surface area is 115 Å². The van der Waals surface area contributed by atoms with Gasteiger partial charge in [0.1, 0.15) is 11.6 Å². The fourth-order valence-corrected chi connectivity index (χ4v) is 2.29. The zero-order valence-electron chi connectivity index (χ0n) is 10.7. The van der Waals surface area contributed by atoms with E-state index in [-0.39, 0.29) is 0 Å². The molecule has 1 aromatic heterocycles. The van der Waals surface area contributed by atoms with Crippen LogP contribution in [-0.2, 0) is 6.54 Å². The third-order valence-corrected chi connectivity index (χ3v) is 3.16. The van der Waals surface area contributed by atoms with E-state index in [2.05, 4.69) is 31.2 Å². The SMILES string of the molecule is CNCc1[nH]c(C)nc1-c1cc(Br)ccc1OC. The molecule has 1 heterocycles. The van der Waals surface area contributed by atoms with E-state index in [9.17, 15) is 0 Å². The molecule has 0 unspecified atom stereocenters. The number of nitrogens with zero attached hydrogens (tertiary/aromatic N) is 1. The highest BCUT2D eigenvalue weighted by Gasteiger charge is 2.14. The van der Waals surface area contributed by atoms with Gasteiger partial charge in [0.2, 0.25) is 0 Å². The highest BCUT2D eigenvalue weighted by molar-refractivity contribution is 9.10. The number of aryl methyl sites for hydroxylation is 1. The molecule has 1 aromatic carbocycles. The Morgan fingerprint density at radius 3 is 2.89 bits per heavy atom. The molecule has 2 rings (SSSR count). The fraction of sp³-hybridized carbons (Fsp3) is 0.308. The number of aromatic amines is 1. The van der Waals surface area contributed by atoms with E-state index in [4.69, 9.17) is 4.74 Å². The minimum absolute atomic E-state index is 0.742. The van der Waals surface area contributed by atoms with Crippen molar-refractivity contribution in [3.05, 3.63) is 34.2 Å². The second-order valence-electron chi connectivity index (χ2n) is 4.02. The average Bonchev–Trinajstić information content (AvgIpc) is 2.71. The van der Waals surface area contributed by atoms with Crippen LogP contribution in [0.3, 0.4) is 0 Å². The summed E-state index contributed by atoms with van der Waals surface area (Å²) in [5, 5.41) is 3.14. The number of nitrogens with one attached hydrogen (secondary N) is 2. The van der Waals surface area contributed by atoms with Crippen LogP contribution < -0.4 is 10.1 Å². The summed E-state index contributed by atoms with van der Waals surface area (Å²) >= 11 is 3.48. The number of imidazole rings is 1. The summed E-state index contributed by atoms with van der Waals surface area (Å²) in [6, 6.07) is 5.92. The minimum atomic E-state index is 0.742. The van der Waals surface area contributed by atoms with E-state index in [0.29, 0.717) is 0 Å². The highest BCUT2D eigenvalue weighted by atomic mass is 79.9. The molecule has 0 amide bonds. The molecular formula is C13H16BrN3O. The molecular weight excluding hydrogens is 294 g/mol. The van der Waals surface area contributed by atoms with E-state index in [0.717, 1.165) is 39.5 Å². The lowest BCUT2D eigenvalue weighted by Gasteiger charge is -2.08. The molecule has 0 atom stereocenters. The van der Waals surface area contributed by atoms with Gasteiger partial charge >= 0.3 is 0 Å². The first-order chi connectivity index (χ1) is 8.65. The van der Waals surface area contributed by atoms with Crippen molar-refractivity contribution in [1.29, 1.82) is 0 Å². The molecule has 18 heavy (non-hydrogen) atoms. The summed E-state index contributed by atoms with van der Waals surface area (Å²) in [7, 11) is 3.59. The lowest BCUT2D eigenvalue weighted by atomic mass is 10.1. The van der Waals surface area contributed by atoms with Crippen LogP contribution in [0.25, 0.3) is 11.3 Å². The number of hydrogen-bond donors (Lipinski definition) is 2. The first kappa shape index (κ1) is 13.1. The largest absolute Gasteiger partial charge is 0.496 e. The normalized spacial score (nSPS) is 10.7. The molecule has 5 heteroatoms. The van der Waals surface area contributed by atoms with Gasteiger partial charge in [-0.15, -0.1) is 0 Å². The van der Waals surface area contributed by atoms with Gasteiger partial charge in [0, 0.05) is 16.6 Å². The summed E-state index contributed by atoms with van der Waals surface area (Å²) in [6.45, 7) is 2.69. The Morgan fingerprint density at radius 1 is 1.44 bits per heavy atom. The molecule has 0 saturated carbocycles. The van der Waals surface area contributed by atoms with Crippen molar-refractivity contribution in [1.82, 2.24) is 15.3 Å². The number of rotatable bonds is 4. The third kappa shape index (κ3) is 2.57. The van der Waals surface area contributed by atoms with Gasteiger partial charge in [-0.2, -0.15) is 0 Å². The summed E-state index contributed by atoms with van der Waals surface area (Å²) < 4.78 is 6.41. The number of ether oxygens (including phenoxy) is 1. The number of aromatic nitrogens is 2. The second-order valence-corrected chi connectivity index (χ2v) is 4.94. The number of methoxy groups -OCH3 is 1. The van der Waals surface area contributed by atoms with Crippen LogP contribution in [0.2, 0.25) is 0 Å². The maximum absolute atomic E-state index is 5.40. The van der Waals surface area contributed by atoms with E-state index in [1.54, 1.807) is 7.11 Å². The first-order valence-electron chi connectivity index (χ1n) is 5.69. The number of hydrogen-bond acceptors (Lipinski definition) is 3. The molecule has 0 bridgehead atoms. The summed E-state index contributed by atoms with van der Waals surface area (Å²) in [4.78, 5) is 7.82. The standard InChI is InChI=1S/C13H16BrN3O/c1-8-16-11(7-15-2)13(17-8)10-6-9(14)4-5-12(10)18-3/h4-6,15H,7H2,1-3H3,(H,16,17). The Bertz CT molecular complexity index is 551. The molecule has 2 N–H and O–H groups in total. The summed E-state index contributed by atoms with van der Waals surface area (Å²) in [5.41, 5.74) is 2.98. The van der Waals surface area contributed by atoms with Crippen molar-refractivity contribution in [3.8, 4) is 17.0 Å². The minimum Gasteiger partial charge on any atom is -0.496 e. The van der Waals surface area contributed by atoms with Crippen LogP contribution in [0.1, 0.15) is 11.5 Å². The van der Waals surface area contributed by atoms with Crippen LogP contribution in [0, 0.1) is 6.92 Å². The van der Waals surface area contributed by atoms with Gasteiger partial charge in [-0.3, -0.25) is 0 Å². The zero-order valence-corrected chi connectivity index (χ0v) is 12.3. The average molecular weight is 310 g/mol. The Balaban J connectivity index is 2.56. The predicted octanol–water partition coefficient (Wildman–Crippen LogP) is 2.88. The molecule has 0 aliphatic heterocycles. The smallest absolute Gasteiger partial charge is 0.128 e. The van der Waals surface area contributed by atoms with Crippen molar-refractivity contribution in [2.45, 2.75) is 13.5 Å². The number of H-pyrrole nitrogens is 1. The van der Waals surface area contributed by atoms with Crippen molar-refractivity contribution in [2.24, 2.45) is 0 Å². The van der Waals surface area contributed by atoms with E-state index in [1.807, 2.05) is 32.2 Å². The molecule has 2 aromatic rings.